The predicted molar refractivity (Wildman–Crippen MR) is 68.8 cm³/mol. The Morgan fingerprint density at radius 3 is 2.75 bits per heavy atom. The van der Waals surface area contributed by atoms with Gasteiger partial charge in [-0.3, -0.25) is 4.79 Å². The van der Waals surface area contributed by atoms with Crippen LogP contribution in [0.1, 0.15) is 18.6 Å². The predicted octanol–water partition coefficient (Wildman–Crippen LogP) is 0.842. The maximum atomic E-state index is 12.6. The second-order valence-corrected chi connectivity index (χ2v) is 6.61. The zero-order chi connectivity index (χ0) is 15.0. The van der Waals surface area contributed by atoms with Gasteiger partial charge in [0.05, 0.1) is 6.61 Å². The highest BCUT2D eigenvalue weighted by atomic mass is 32.2. The van der Waals surface area contributed by atoms with Gasteiger partial charge in [0.2, 0.25) is 5.09 Å². The van der Waals surface area contributed by atoms with Crippen LogP contribution in [0.15, 0.2) is 21.6 Å². The van der Waals surface area contributed by atoms with E-state index in [1.807, 2.05) is 0 Å². The first-order valence-corrected chi connectivity index (χ1v) is 7.60. The first kappa shape index (κ1) is 15.0. The van der Waals surface area contributed by atoms with Crippen LogP contribution in [0, 0.1) is 6.92 Å². The lowest BCUT2D eigenvalue weighted by atomic mass is 9.99. The molecule has 0 bridgehead atoms. The molecule has 0 aliphatic carbocycles. The Morgan fingerprint density at radius 2 is 2.25 bits per heavy atom. The molecule has 7 nitrogen and oxygen atoms in total. The van der Waals surface area contributed by atoms with Crippen molar-refractivity contribution in [2.45, 2.75) is 30.4 Å². The van der Waals surface area contributed by atoms with Crippen LogP contribution >= 0.6 is 0 Å². The van der Waals surface area contributed by atoms with Gasteiger partial charge in [-0.2, -0.15) is 4.31 Å². The van der Waals surface area contributed by atoms with Crippen LogP contribution in [-0.2, 0) is 19.6 Å². The van der Waals surface area contributed by atoms with Crippen molar-refractivity contribution in [2.24, 2.45) is 0 Å². The molecule has 0 saturated carbocycles. The summed E-state index contributed by atoms with van der Waals surface area (Å²) in [6.07, 6.45) is 0.684. The molecule has 1 N–H and O–H groups in total. The van der Waals surface area contributed by atoms with Gasteiger partial charge in [-0.15, -0.1) is 0 Å². The number of furan rings is 1. The zero-order valence-corrected chi connectivity index (χ0v) is 12.1. The van der Waals surface area contributed by atoms with E-state index in [0.29, 0.717) is 12.2 Å². The van der Waals surface area contributed by atoms with E-state index in [2.05, 4.69) is 0 Å². The summed E-state index contributed by atoms with van der Waals surface area (Å²) < 4.78 is 36.2. The van der Waals surface area contributed by atoms with E-state index in [-0.39, 0.29) is 24.7 Å². The zero-order valence-electron chi connectivity index (χ0n) is 11.3. The molecule has 1 aromatic heterocycles. The van der Waals surface area contributed by atoms with Crippen molar-refractivity contribution in [3.8, 4) is 0 Å². The number of hydrogen-bond acceptors (Lipinski definition) is 5. The maximum absolute atomic E-state index is 12.6. The third-order valence-corrected chi connectivity index (χ3v) is 5.31. The number of methoxy groups -OCH3 is 1. The average Bonchev–Trinajstić information content (AvgIpc) is 2.97. The molecular formula is C12H17NO6S. The average molecular weight is 303 g/mol. The number of carbonyl (C=O) groups is 1. The van der Waals surface area contributed by atoms with Gasteiger partial charge in [-0.1, -0.05) is 0 Å². The van der Waals surface area contributed by atoms with Gasteiger partial charge in [0.1, 0.15) is 5.76 Å². The number of carboxylic acid groups (broad SMARTS) is 1. The third kappa shape index (κ3) is 2.23. The summed E-state index contributed by atoms with van der Waals surface area (Å²) in [7, 11) is -2.63. The van der Waals surface area contributed by atoms with Gasteiger partial charge in [0, 0.05) is 13.7 Å². The fourth-order valence-corrected chi connectivity index (χ4v) is 4.27. The quantitative estimate of drug-likeness (QED) is 0.866. The molecule has 0 aromatic carbocycles. The Labute approximate surface area is 117 Å². The topological polar surface area (TPSA) is 97.0 Å². The van der Waals surface area contributed by atoms with Gasteiger partial charge in [0.25, 0.3) is 10.0 Å². The van der Waals surface area contributed by atoms with Crippen molar-refractivity contribution < 1.29 is 27.5 Å². The van der Waals surface area contributed by atoms with Crippen LogP contribution in [0.2, 0.25) is 0 Å². The van der Waals surface area contributed by atoms with Crippen molar-refractivity contribution in [2.75, 3.05) is 20.3 Å². The lowest BCUT2D eigenvalue weighted by Crippen LogP contribution is -2.55. The Bertz CT molecular complexity index is 607. The third-order valence-electron chi connectivity index (χ3n) is 3.47. The van der Waals surface area contributed by atoms with Crippen LogP contribution in [-0.4, -0.2) is 49.6 Å². The van der Waals surface area contributed by atoms with Crippen LogP contribution in [0.3, 0.4) is 0 Å². The van der Waals surface area contributed by atoms with E-state index < -0.39 is 21.5 Å². The van der Waals surface area contributed by atoms with Crippen molar-refractivity contribution in [3.05, 3.63) is 17.9 Å². The van der Waals surface area contributed by atoms with Crippen molar-refractivity contribution >= 4 is 16.0 Å². The number of carboxylic acids is 1. The van der Waals surface area contributed by atoms with Gasteiger partial charge >= 0.3 is 5.97 Å². The highest BCUT2D eigenvalue weighted by Crippen LogP contribution is 2.35. The highest BCUT2D eigenvalue weighted by molar-refractivity contribution is 7.89. The van der Waals surface area contributed by atoms with E-state index >= 15 is 0 Å². The van der Waals surface area contributed by atoms with Gasteiger partial charge in [-0.25, -0.2) is 8.42 Å². The molecule has 20 heavy (non-hydrogen) atoms. The first-order valence-electron chi connectivity index (χ1n) is 6.16. The molecule has 1 atom stereocenters. The van der Waals surface area contributed by atoms with E-state index in [1.54, 1.807) is 6.92 Å². The Balaban J connectivity index is 2.46. The first-order chi connectivity index (χ1) is 9.34. The molecule has 1 unspecified atom stereocenters. The number of aliphatic carboxylic acids is 1. The van der Waals surface area contributed by atoms with E-state index in [9.17, 15) is 18.3 Å². The smallest absolute Gasteiger partial charge is 0.327 e. The minimum atomic E-state index is -3.99. The lowest BCUT2D eigenvalue weighted by Gasteiger charge is -2.32. The maximum Gasteiger partial charge on any atom is 0.327 e. The minimum absolute atomic E-state index is 0.137. The molecule has 0 radical (unpaired) electrons. The molecule has 112 valence electrons. The van der Waals surface area contributed by atoms with Crippen molar-refractivity contribution in [1.82, 2.24) is 4.31 Å². The number of aryl methyl sites for hydroxylation is 1. The molecule has 1 saturated heterocycles. The number of hydrogen-bond donors (Lipinski definition) is 1. The molecule has 1 fully saturated rings. The van der Waals surface area contributed by atoms with Gasteiger partial charge in [0.15, 0.2) is 5.54 Å². The molecule has 0 amide bonds. The summed E-state index contributed by atoms with van der Waals surface area (Å²) in [6.45, 7) is 1.57. The summed E-state index contributed by atoms with van der Waals surface area (Å²) in [5.41, 5.74) is -1.56. The molecule has 0 spiro atoms. The normalized spacial score (nSPS) is 24.1. The van der Waals surface area contributed by atoms with E-state index in [4.69, 9.17) is 9.15 Å². The fourth-order valence-electron chi connectivity index (χ4n) is 2.52. The molecule has 2 rings (SSSR count). The van der Waals surface area contributed by atoms with Crippen LogP contribution in [0.4, 0.5) is 0 Å². The fraction of sp³-hybridized carbons (Fsp3) is 0.583. The second kappa shape index (κ2) is 5.19. The lowest BCUT2D eigenvalue weighted by molar-refractivity contribution is -0.150. The molecular weight excluding hydrogens is 286 g/mol. The highest BCUT2D eigenvalue weighted by Gasteiger charge is 2.54. The minimum Gasteiger partial charge on any atom is -0.480 e. The summed E-state index contributed by atoms with van der Waals surface area (Å²) in [5.74, 6) is -0.751. The van der Waals surface area contributed by atoms with Crippen molar-refractivity contribution in [1.29, 1.82) is 0 Å². The number of sulfonamides is 1. The Morgan fingerprint density at radius 1 is 1.55 bits per heavy atom. The summed E-state index contributed by atoms with van der Waals surface area (Å²) in [5, 5.41) is 9.23. The SMILES string of the molecule is COCC1(C(=O)O)CCCN1S(=O)(=O)c1ccc(C)o1. The number of ether oxygens (including phenoxy) is 1. The van der Waals surface area contributed by atoms with Crippen LogP contribution in [0.5, 0.6) is 0 Å². The van der Waals surface area contributed by atoms with Crippen LogP contribution in [0.25, 0.3) is 0 Å². The summed E-state index contributed by atoms with van der Waals surface area (Å²) in [6, 6.07) is 2.87. The van der Waals surface area contributed by atoms with Crippen molar-refractivity contribution in [3.63, 3.8) is 0 Å². The van der Waals surface area contributed by atoms with Gasteiger partial charge < -0.3 is 14.3 Å². The summed E-state index contributed by atoms with van der Waals surface area (Å²) in [4.78, 5) is 11.6. The molecule has 8 heteroatoms. The number of nitrogens with zero attached hydrogens (tertiary/aromatic N) is 1. The van der Waals surface area contributed by atoms with E-state index in [0.717, 1.165) is 4.31 Å². The summed E-state index contributed by atoms with van der Waals surface area (Å²) >= 11 is 0. The Hall–Kier alpha value is -1.38. The number of rotatable bonds is 5. The monoisotopic (exact) mass is 303 g/mol. The molecule has 1 aliphatic heterocycles. The van der Waals surface area contributed by atoms with Crippen LogP contribution < -0.4 is 0 Å². The molecule has 1 aromatic rings. The molecule has 1 aliphatic rings. The Kier molecular flexibility index (Phi) is 3.90. The molecule has 2 heterocycles. The standard InChI is InChI=1S/C12H17NO6S/c1-9-4-5-10(19-9)20(16,17)13-7-3-6-12(13,8-18-2)11(14)15/h4-5H,3,6-8H2,1-2H3,(H,14,15). The van der Waals surface area contributed by atoms with E-state index in [1.165, 1.54) is 19.2 Å². The van der Waals surface area contributed by atoms with Gasteiger partial charge in [-0.05, 0) is 31.9 Å². The largest absolute Gasteiger partial charge is 0.480 e. The second-order valence-electron chi connectivity index (χ2n) is 4.82.